The number of thioether (sulfide) groups is 1. The Bertz CT molecular complexity index is 227. The Hall–Kier alpha value is -0.260. The van der Waals surface area contributed by atoms with Crippen molar-refractivity contribution in [2.75, 3.05) is 44.4 Å². The Morgan fingerprint density at radius 3 is 3.06 bits per heavy atom. The fourth-order valence-electron chi connectivity index (χ4n) is 1.84. The number of nitrogens with one attached hydrogen (secondary N) is 1. The summed E-state index contributed by atoms with van der Waals surface area (Å²) in [6.45, 7) is 8.11. The number of ether oxygens (including phenoxy) is 1. The molecule has 1 aliphatic rings. The van der Waals surface area contributed by atoms with Crippen LogP contribution in [0.2, 0.25) is 0 Å². The fraction of sp³-hybridized carbons (Fsp3) is 0.917. The van der Waals surface area contributed by atoms with Crippen LogP contribution in [-0.4, -0.2) is 61.2 Å². The van der Waals surface area contributed by atoms with Gasteiger partial charge in [0.15, 0.2) is 0 Å². The predicted octanol–water partition coefficient (Wildman–Crippen LogP) is 0.966. The molecular weight excluding hydrogens is 236 g/mol. The maximum atomic E-state index is 12.0. The van der Waals surface area contributed by atoms with Gasteiger partial charge in [0.05, 0.1) is 13.2 Å². The summed E-state index contributed by atoms with van der Waals surface area (Å²) >= 11 is 1.92. The molecule has 0 aromatic carbocycles. The molecule has 1 heterocycles. The highest BCUT2D eigenvalue weighted by molar-refractivity contribution is 7.99. The zero-order valence-corrected chi connectivity index (χ0v) is 11.7. The van der Waals surface area contributed by atoms with Crippen LogP contribution in [0.5, 0.6) is 0 Å². The lowest BCUT2D eigenvalue weighted by Gasteiger charge is -2.34. The van der Waals surface area contributed by atoms with E-state index in [1.807, 2.05) is 11.8 Å². The quantitative estimate of drug-likeness (QED) is 0.693. The van der Waals surface area contributed by atoms with Crippen LogP contribution < -0.4 is 5.32 Å². The number of amides is 1. The van der Waals surface area contributed by atoms with E-state index in [-0.39, 0.29) is 11.9 Å². The van der Waals surface area contributed by atoms with E-state index in [0.29, 0.717) is 6.61 Å². The molecule has 1 aliphatic heterocycles. The maximum absolute atomic E-state index is 12.0. The summed E-state index contributed by atoms with van der Waals surface area (Å²) in [5.74, 6) is 2.35. The van der Waals surface area contributed by atoms with Gasteiger partial charge in [-0.2, -0.15) is 11.8 Å². The van der Waals surface area contributed by atoms with Gasteiger partial charge in [-0.25, -0.2) is 0 Å². The third-order valence-electron chi connectivity index (χ3n) is 2.82. The molecule has 1 N–H and O–H groups in total. The molecule has 0 aromatic rings. The van der Waals surface area contributed by atoms with E-state index in [9.17, 15) is 4.79 Å². The lowest BCUT2D eigenvalue weighted by molar-refractivity contribution is -0.132. The van der Waals surface area contributed by atoms with Gasteiger partial charge in [0.25, 0.3) is 0 Å². The van der Waals surface area contributed by atoms with E-state index in [2.05, 4.69) is 24.1 Å². The van der Waals surface area contributed by atoms with Gasteiger partial charge in [-0.15, -0.1) is 0 Å². The van der Waals surface area contributed by atoms with Crippen molar-refractivity contribution in [1.29, 1.82) is 0 Å². The van der Waals surface area contributed by atoms with Crippen molar-refractivity contribution in [2.45, 2.75) is 26.3 Å². The molecule has 0 spiro atoms. The number of carbonyl (C=O) groups excluding carboxylic acids is 1. The van der Waals surface area contributed by atoms with Gasteiger partial charge in [0.2, 0.25) is 5.91 Å². The molecule has 4 nitrogen and oxygen atoms in total. The third-order valence-corrected chi connectivity index (χ3v) is 3.70. The molecule has 0 aliphatic carbocycles. The Morgan fingerprint density at radius 2 is 2.35 bits per heavy atom. The minimum absolute atomic E-state index is 0.0900. The summed E-state index contributed by atoms with van der Waals surface area (Å²) in [4.78, 5) is 14.2. The molecule has 0 bridgehead atoms. The standard InChI is InChI=1S/C12H24N2O2S/c1-3-5-13-12(15)11-10-16-8-6-14(11)7-9-17-4-2/h11H,3-10H2,1-2H3,(H,13,15). The van der Waals surface area contributed by atoms with Gasteiger partial charge in [-0.05, 0) is 12.2 Å². The molecule has 1 saturated heterocycles. The second-order valence-corrected chi connectivity index (χ2v) is 5.51. The SMILES string of the molecule is CCCNC(=O)C1COCCN1CCSCC. The van der Waals surface area contributed by atoms with E-state index in [1.54, 1.807) is 0 Å². The van der Waals surface area contributed by atoms with Crippen molar-refractivity contribution < 1.29 is 9.53 Å². The van der Waals surface area contributed by atoms with E-state index in [4.69, 9.17) is 4.74 Å². The predicted molar refractivity (Wildman–Crippen MR) is 72.5 cm³/mol. The zero-order chi connectivity index (χ0) is 12.5. The minimum atomic E-state index is -0.0900. The van der Waals surface area contributed by atoms with Crippen molar-refractivity contribution in [3.8, 4) is 0 Å². The summed E-state index contributed by atoms with van der Waals surface area (Å²) in [5, 5.41) is 2.96. The molecule has 0 aromatic heterocycles. The average molecular weight is 260 g/mol. The van der Waals surface area contributed by atoms with Gasteiger partial charge in [-0.3, -0.25) is 9.69 Å². The highest BCUT2D eigenvalue weighted by Gasteiger charge is 2.28. The largest absolute Gasteiger partial charge is 0.378 e. The Kier molecular flexibility index (Phi) is 7.64. The van der Waals surface area contributed by atoms with Gasteiger partial charge in [0, 0.05) is 25.4 Å². The fourth-order valence-corrected chi connectivity index (χ4v) is 2.49. The normalized spacial score (nSPS) is 21.4. The van der Waals surface area contributed by atoms with Gasteiger partial charge in [0.1, 0.15) is 6.04 Å². The van der Waals surface area contributed by atoms with Crippen LogP contribution in [-0.2, 0) is 9.53 Å². The first-order valence-electron chi connectivity index (χ1n) is 6.46. The zero-order valence-electron chi connectivity index (χ0n) is 10.9. The van der Waals surface area contributed by atoms with Gasteiger partial charge < -0.3 is 10.1 Å². The number of rotatable bonds is 7. The highest BCUT2D eigenvalue weighted by atomic mass is 32.2. The van der Waals surface area contributed by atoms with Crippen LogP contribution in [0.1, 0.15) is 20.3 Å². The number of hydrogen-bond donors (Lipinski definition) is 1. The van der Waals surface area contributed by atoms with Crippen LogP contribution in [0.4, 0.5) is 0 Å². The molecule has 1 unspecified atom stereocenters. The maximum Gasteiger partial charge on any atom is 0.239 e. The van der Waals surface area contributed by atoms with Crippen molar-refractivity contribution in [3.63, 3.8) is 0 Å². The first kappa shape index (κ1) is 14.8. The van der Waals surface area contributed by atoms with E-state index in [0.717, 1.165) is 44.2 Å². The van der Waals surface area contributed by atoms with Crippen LogP contribution >= 0.6 is 11.8 Å². The summed E-state index contributed by atoms with van der Waals surface area (Å²) < 4.78 is 5.41. The first-order chi connectivity index (χ1) is 8.29. The number of hydrogen-bond acceptors (Lipinski definition) is 4. The third kappa shape index (κ3) is 5.27. The minimum Gasteiger partial charge on any atom is -0.378 e. The molecule has 1 rings (SSSR count). The molecule has 0 radical (unpaired) electrons. The number of nitrogens with zero attached hydrogens (tertiary/aromatic N) is 1. The van der Waals surface area contributed by atoms with Crippen molar-refractivity contribution in [3.05, 3.63) is 0 Å². The van der Waals surface area contributed by atoms with E-state index >= 15 is 0 Å². The van der Waals surface area contributed by atoms with Crippen LogP contribution in [0.15, 0.2) is 0 Å². The van der Waals surface area contributed by atoms with Gasteiger partial charge >= 0.3 is 0 Å². The van der Waals surface area contributed by atoms with Crippen molar-refractivity contribution in [1.82, 2.24) is 10.2 Å². The Morgan fingerprint density at radius 1 is 1.53 bits per heavy atom. The van der Waals surface area contributed by atoms with Crippen molar-refractivity contribution >= 4 is 17.7 Å². The molecule has 0 saturated carbocycles. The number of carbonyl (C=O) groups is 1. The van der Waals surface area contributed by atoms with E-state index < -0.39 is 0 Å². The smallest absolute Gasteiger partial charge is 0.239 e. The van der Waals surface area contributed by atoms with Crippen LogP contribution in [0, 0.1) is 0 Å². The molecule has 1 fully saturated rings. The second-order valence-electron chi connectivity index (χ2n) is 4.11. The Balaban J connectivity index is 2.38. The first-order valence-corrected chi connectivity index (χ1v) is 7.62. The second kappa shape index (κ2) is 8.78. The lowest BCUT2D eigenvalue weighted by atomic mass is 10.2. The van der Waals surface area contributed by atoms with E-state index in [1.165, 1.54) is 0 Å². The topological polar surface area (TPSA) is 41.6 Å². The summed E-state index contributed by atoms with van der Waals surface area (Å²) in [7, 11) is 0. The molecule has 1 amide bonds. The molecule has 5 heteroatoms. The molecular formula is C12H24N2O2S. The molecule has 17 heavy (non-hydrogen) atoms. The highest BCUT2D eigenvalue weighted by Crippen LogP contribution is 2.09. The summed E-state index contributed by atoms with van der Waals surface area (Å²) in [6, 6.07) is -0.0900. The summed E-state index contributed by atoms with van der Waals surface area (Å²) in [6.07, 6.45) is 0.977. The monoisotopic (exact) mass is 260 g/mol. The Labute approximate surface area is 108 Å². The van der Waals surface area contributed by atoms with Crippen LogP contribution in [0.3, 0.4) is 0 Å². The molecule has 100 valence electrons. The average Bonchev–Trinajstić information content (AvgIpc) is 2.37. The van der Waals surface area contributed by atoms with Crippen molar-refractivity contribution in [2.24, 2.45) is 0 Å². The van der Waals surface area contributed by atoms with Gasteiger partial charge in [-0.1, -0.05) is 13.8 Å². The van der Waals surface area contributed by atoms with Crippen LogP contribution in [0.25, 0.3) is 0 Å². The number of morpholine rings is 1. The lowest BCUT2D eigenvalue weighted by Crippen LogP contribution is -2.54. The summed E-state index contributed by atoms with van der Waals surface area (Å²) in [5.41, 5.74) is 0. The molecule has 1 atom stereocenters.